The molecule has 0 amide bonds. The number of nitrogens with zero attached hydrogens (tertiary/aromatic N) is 1. The van der Waals surface area contributed by atoms with Crippen molar-refractivity contribution in [1.29, 1.82) is 0 Å². The number of carboxylic acid groups (broad SMARTS) is 1. The Balaban J connectivity index is 2.31. The van der Waals surface area contributed by atoms with E-state index in [9.17, 15) is 4.79 Å². The van der Waals surface area contributed by atoms with Gasteiger partial charge in [-0.05, 0) is 32.2 Å². The molecule has 0 saturated heterocycles. The molecule has 15 heavy (non-hydrogen) atoms. The van der Waals surface area contributed by atoms with E-state index in [4.69, 9.17) is 5.11 Å². The van der Waals surface area contributed by atoms with Crippen LogP contribution in [0.3, 0.4) is 0 Å². The van der Waals surface area contributed by atoms with Crippen LogP contribution in [0.15, 0.2) is 0 Å². The van der Waals surface area contributed by atoms with Gasteiger partial charge in [-0.3, -0.25) is 4.79 Å². The van der Waals surface area contributed by atoms with Crippen LogP contribution in [0.5, 0.6) is 0 Å². The molecule has 0 aromatic rings. The van der Waals surface area contributed by atoms with Crippen LogP contribution in [0.1, 0.15) is 45.4 Å². The van der Waals surface area contributed by atoms with Gasteiger partial charge >= 0.3 is 5.97 Å². The van der Waals surface area contributed by atoms with Crippen molar-refractivity contribution in [2.75, 3.05) is 13.6 Å². The molecule has 0 heterocycles. The Morgan fingerprint density at radius 2 is 2.07 bits per heavy atom. The van der Waals surface area contributed by atoms with Gasteiger partial charge in [-0.25, -0.2) is 0 Å². The van der Waals surface area contributed by atoms with Crippen LogP contribution in [-0.2, 0) is 4.79 Å². The summed E-state index contributed by atoms with van der Waals surface area (Å²) in [6, 6.07) is 0.606. The van der Waals surface area contributed by atoms with Gasteiger partial charge in [-0.15, -0.1) is 0 Å². The molecular weight excluding hydrogens is 190 g/mol. The highest BCUT2D eigenvalue weighted by atomic mass is 16.4. The van der Waals surface area contributed by atoms with E-state index in [1.54, 1.807) is 0 Å². The molecule has 1 aliphatic carbocycles. The number of rotatable bonds is 4. The molecule has 88 valence electrons. The standard InChI is InChI=1S/C12H23NO2/c1-10-4-3-5-11(7-6-10)13(2)9-8-12(14)15/h10-11H,3-9H2,1-2H3,(H,14,15). The smallest absolute Gasteiger partial charge is 0.304 e. The van der Waals surface area contributed by atoms with E-state index in [0.717, 1.165) is 5.92 Å². The monoisotopic (exact) mass is 213 g/mol. The Morgan fingerprint density at radius 3 is 2.73 bits per heavy atom. The van der Waals surface area contributed by atoms with E-state index in [2.05, 4.69) is 18.9 Å². The number of aliphatic carboxylic acids is 1. The van der Waals surface area contributed by atoms with Crippen molar-refractivity contribution < 1.29 is 9.90 Å². The highest BCUT2D eigenvalue weighted by molar-refractivity contribution is 5.66. The van der Waals surface area contributed by atoms with Crippen LogP contribution in [0.25, 0.3) is 0 Å². The lowest BCUT2D eigenvalue weighted by Gasteiger charge is -2.26. The maximum Gasteiger partial charge on any atom is 0.304 e. The van der Waals surface area contributed by atoms with Crippen LogP contribution < -0.4 is 0 Å². The predicted molar refractivity (Wildman–Crippen MR) is 60.9 cm³/mol. The summed E-state index contributed by atoms with van der Waals surface area (Å²) in [5.74, 6) is 0.159. The summed E-state index contributed by atoms with van der Waals surface area (Å²) in [6.07, 6.45) is 6.66. The Labute approximate surface area is 92.5 Å². The van der Waals surface area contributed by atoms with Gasteiger partial charge in [0.15, 0.2) is 0 Å². The Morgan fingerprint density at radius 1 is 1.33 bits per heavy atom. The van der Waals surface area contributed by atoms with E-state index in [-0.39, 0.29) is 6.42 Å². The third-order valence-electron chi connectivity index (χ3n) is 3.53. The first-order chi connectivity index (χ1) is 7.09. The molecule has 2 unspecified atom stereocenters. The second-order valence-electron chi connectivity index (χ2n) is 4.89. The van der Waals surface area contributed by atoms with E-state index < -0.39 is 5.97 Å². The third kappa shape index (κ3) is 4.65. The van der Waals surface area contributed by atoms with Crippen LogP contribution in [0.2, 0.25) is 0 Å². The SMILES string of the molecule is CC1CCCC(N(C)CCC(=O)O)CC1. The summed E-state index contributed by atoms with van der Waals surface area (Å²) in [5.41, 5.74) is 0. The topological polar surface area (TPSA) is 40.5 Å². The number of hydrogen-bond acceptors (Lipinski definition) is 2. The van der Waals surface area contributed by atoms with Gasteiger partial charge in [-0.2, -0.15) is 0 Å². The van der Waals surface area contributed by atoms with Crippen molar-refractivity contribution in [2.24, 2.45) is 5.92 Å². The molecule has 3 heteroatoms. The van der Waals surface area contributed by atoms with Crippen LogP contribution in [0.4, 0.5) is 0 Å². The van der Waals surface area contributed by atoms with Crippen molar-refractivity contribution in [3.63, 3.8) is 0 Å². The normalized spacial score (nSPS) is 27.7. The summed E-state index contributed by atoms with van der Waals surface area (Å²) in [4.78, 5) is 12.7. The molecular formula is C12H23NO2. The second-order valence-corrected chi connectivity index (χ2v) is 4.89. The molecule has 0 radical (unpaired) electrons. The highest BCUT2D eigenvalue weighted by Crippen LogP contribution is 2.25. The second kappa shape index (κ2) is 6.11. The molecule has 0 bridgehead atoms. The predicted octanol–water partition coefficient (Wildman–Crippen LogP) is 2.36. The van der Waals surface area contributed by atoms with Crippen LogP contribution in [-0.4, -0.2) is 35.6 Å². The summed E-state index contributed by atoms with van der Waals surface area (Å²) >= 11 is 0. The van der Waals surface area contributed by atoms with Gasteiger partial charge in [0.05, 0.1) is 6.42 Å². The number of hydrogen-bond donors (Lipinski definition) is 1. The first-order valence-electron chi connectivity index (χ1n) is 6.01. The number of carbonyl (C=O) groups is 1. The fourth-order valence-electron chi connectivity index (χ4n) is 2.36. The van der Waals surface area contributed by atoms with Crippen molar-refractivity contribution in [3.05, 3.63) is 0 Å². The first-order valence-corrected chi connectivity index (χ1v) is 6.01. The maximum atomic E-state index is 10.5. The van der Waals surface area contributed by atoms with E-state index in [0.29, 0.717) is 12.6 Å². The minimum absolute atomic E-state index is 0.266. The van der Waals surface area contributed by atoms with Crippen molar-refractivity contribution >= 4 is 5.97 Å². The zero-order chi connectivity index (χ0) is 11.3. The fourth-order valence-corrected chi connectivity index (χ4v) is 2.36. The Bertz CT molecular complexity index is 206. The zero-order valence-corrected chi connectivity index (χ0v) is 9.91. The van der Waals surface area contributed by atoms with Gasteiger partial charge < -0.3 is 10.0 Å². The van der Waals surface area contributed by atoms with Crippen molar-refractivity contribution in [1.82, 2.24) is 4.90 Å². The van der Waals surface area contributed by atoms with E-state index in [1.807, 2.05) is 0 Å². The molecule has 0 aromatic carbocycles. The van der Waals surface area contributed by atoms with Crippen molar-refractivity contribution in [3.8, 4) is 0 Å². The fraction of sp³-hybridized carbons (Fsp3) is 0.917. The Hall–Kier alpha value is -0.570. The third-order valence-corrected chi connectivity index (χ3v) is 3.53. The van der Waals surface area contributed by atoms with E-state index in [1.165, 1.54) is 32.1 Å². The lowest BCUT2D eigenvalue weighted by Crippen LogP contribution is -2.33. The minimum atomic E-state index is -0.691. The van der Waals surface area contributed by atoms with Gasteiger partial charge in [0.25, 0.3) is 0 Å². The summed E-state index contributed by atoms with van der Waals surface area (Å²) in [6.45, 7) is 3.01. The molecule has 1 rings (SSSR count). The summed E-state index contributed by atoms with van der Waals surface area (Å²) in [7, 11) is 2.06. The largest absolute Gasteiger partial charge is 0.481 e. The van der Waals surface area contributed by atoms with Gasteiger partial charge in [0, 0.05) is 12.6 Å². The lowest BCUT2D eigenvalue weighted by atomic mass is 10.0. The minimum Gasteiger partial charge on any atom is -0.481 e. The highest BCUT2D eigenvalue weighted by Gasteiger charge is 2.19. The lowest BCUT2D eigenvalue weighted by molar-refractivity contribution is -0.137. The molecule has 3 nitrogen and oxygen atoms in total. The summed E-state index contributed by atoms with van der Waals surface area (Å²) < 4.78 is 0. The molecule has 0 spiro atoms. The van der Waals surface area contributed by atoms with Crippen LogP contribution >= 0.6 is 0 Å². The maximum absolute atomic E-state index is 10.5. The van der Waals surface area contributed by atoms with Crippen LogP contribution in [0, 0.1) is 5.92 Å². The molecule has 2 atom stereocenters. The van der Waals surface area contributed by atoms with Gasteiger partial charge in [0.1, 0.15) is 0 Å². The first kappa shape index (κ1) is 12.5. The molecule has 1 saturated carbocycles. The summed E-state index contributed by atoms with van der Waals surface area (Å²) in [5, 5.41) is 8.63. The van der Waals surface area contributed by atoms with Gasteiger partial charge in [0.2, 0.25) is 0 Å². The molecule has 1 fully saturated rings. The zero-order valence-electron chi connectivity index (χ0n) is 9.91. The Kier molecular flexibility index (Phi) is 5.09. The quantitative estimate of drug-likeness (QED) is 0.729. The molecule has 0 aliphatic heterocycles. The average molecular weight is 213 g/mol. The average Bonchev–Trinajstić information content (AvgIpc) is 2.39. The molecule has 0 aromatic heterocycles. The molecule has 1 N–H and O–H groups in total. The number of carboxylic acids is 1. The van der Waals surface area contributed by atoms with Crippen molar-refractivity contribution in [2.45, 2.75) is 51.5 Å². The molecule has 1 aliphatic rings. The van der Waals surface area contributed by atoms with Gasteiger partial charge in [-0.1, -0.05) is 19.8 Å². The van der Waals surface area contributed by atoms with E-state index >= 15 is 0 Å².